The maximum atomic E-state index is 3.51. The number of nitrogens with one attached hydrogen (secondary N) is 1. The van der Waals surface area contributed by atoms with Gasteiger partial charge < -0.3 is 5.32 Å². The lowest BCUT2D eigenvalue weighted by Crippen LogP contribution is -2.01. The van der Waals surface area contributed by atoms with Crippen molar-refractivity contribution in [1.29, 1.82) is 0 Å². The zero-order valence-electron chi connectivity index (χ0n) is 9.57. The Balaban J connectivity index is 2.18. The second-order valence-corrected chi connectivity index (χ2v) is 4.75. The average Bonchev–Trinajstić information content (AvgIpc) is 2.83. The highest BCUT2D eigenvalue weighted by molar-refractivity contribution is 7.13. The van der Waals surface area contributed by atoms with Crippen molar-refractivity contribution < 1.29 is 0 Å². The summed E-state index contributed by atoms with van der Waals surface area (Å²) in [5.74, 6) is 0. The molecule has 0 saturated carbocycles. The van der Waals surface area contributed by atoms with Crippen LogP contribution in [0.5, 0.6) is 0 Å². The number of hydrogen-bond acceptors (Lipinski definition) is 2. The largest absolute Gasteiger partial charge is 0.385 e. The molecule has 16 heavy (non-hydrogen) atoms. The Bertz CT molecular complexity index is 420. The SMILES string of the molecule is CCCCNc1ccccc1-c1cccs1. The molecule has 0 aliphatic heterocycles. The Labute approximate surface area is 101 Å². The molecule has 0 atom stereocenters. The molecule has 0 spiro atoms. The molecule has 2 heteroatoms. The number of rotatable bonds is 5. The molecule has 0 saturated heterocycles. The quantitative estimate of drug-likeness (QED) is 0.740. The van der Waals surface area contributed by atoms with Crippen LogP contribution in [0, 0.1) is 0 Å². The van der Waals surface area contributed by atoms with Gasteiger partial charge in [0.05, 0.1) is 0 Å². The van der Waals surface area contributed by atoms with Gasteiger partial charge in [-0.25, -0.2) is 0 Å². The summed E-state index contributed by atoms with van der Waals surface area (Å²) < 4.78 is 0. The highest BCUT2D eigenvalue weighted by Gasteiger charge is 2.03. The molecule has 2 rings (SSSR count). The molecule has 0 bridgehead atoms. The van der Waals surface area contributed by atoms with Crippen LogP contribution in [0.2, 0.25) is 0 Å². The van der Waals surface area contributed by atoms with Crippen molar-refractivity contribution in [2.75, 3.05) is 11.9 Å². The predicted molar refractivity (Wildman–Crippen MR) is 73.2 cm³/mol. The molecule has 0 radical (unpaired) electrons. The van der Waals surface area contributed by atoms with E-state index in [1.165, 1.54) is 29.0 Å². The minimum Gasteiger partial charge on any atom is -0.385 e. The van der Waals surface area contributed by atoms with E-state index >= 15 is 0 Å². The van der Waals surface area contributed by atoms with Crippen LogP contribution in [-0.4, -0.2) is 6.54 Å². The topological polar surface area (TPSA) is 12.0 Å². The molecule has 0 unspecified atom stereocenters. The van der Waals surface area contributed by atoms with Crippen LogP contribution in [-0.2, 0) is 0 Å². The molecule has 1 aromatic carbocycles. The van der Waals surface area contributed by atoms with E-state index in [0.717, 1.165) is 6.54 Å². The minimum atomic E-state index is 1.05. The van der Waals surface area contributed by atoms with Gasteiger partial charge in [-0.1, -0.05) is 37.6 Å². The van der Waals surface area contributed by atoms with Crippen molar-refractivity contribution in [3.05, 3.63) is 41.8 Å². The van der Waals surface area contributed by atoms with E-state index in [1.54, 1.807) is 11.3 Å². The highest BCUT2D eigenvalue weighted by atomic mass is 32.1. The average molecular weight is 231 g/mol. The zero-order chi connectivity index (χ0) is 11.2. The van der Waals surface area contributed by atoms with Crippen molar-refractivity contribution in [1.82, 2.24) is 0 Å². The Morgan fingerprint density at radius 2 is 2.00 bits per heavy atom. The first-order valence-corrected chi connectivity index (χ1v) is 6.66. The summed E-state index contributed by atoms with van der Waals surface area (Å²) in [5.41, 5.74) is 2.56. The van der Waals surface area contributed by atoms with Gasteiger partial charge in [0.1, 0.15) is 0 Å². The summed E-state index contributed by atoms with van der Waals surface area (Å²) in [5, 5.41) is 5.63. The fourth-order valence-corrected chi connectivity index (χ4v) is 2.45. The summed E-state index contributed by atoms with van der Waals surface area (Å²) in [6.45, 7) is 3.27. The van der Waals surface area contributed by atoms with Crippen LogP contribution in [0.25, 0.3) is 10.4 Å². The van der Waals surface area contributed by atoms with Gasteiger partial charge >= 0.3 is 0 Å². The fourth-order valence-electron chi connectivity index (χ4n) is 1.68. The molecule has 84 valence electrons. The van der Waals surface area contributed by atoms with E-state index in [-0.39, 0.29) is 0 Å². The molecule has 0 aliphatic carbocycles. The summed E-state index contributed by atoms with van der Waals surface area (Å²) in [6.07, 6.45) is 2.45. The molecule has 0 fully saturated rings. The predicted octanol–water partition coefficient (Wildman–Crippen LogP) is 4.63. The van der Waals surface area contributed by atoms with Gasteiger partial charge in [-0.05, 0) is 23.9 Å². The number of benzene rings is 1. The van der Waals surface area contributed by atoms with Crippen LogP contribution in [0.4, 0.5) is 5.69 Å². The molecule has 0 amide bonds. The third kappa shape index (κ3) is 2.64. The standard InChI is InChI=1S/C14H17NS/c1-2-3-10-15-13-8-5-4-7-12(13)14-9-6-11-16-14/h4-9,11,15H,2-3,10H2,1H3. The van der Waals surface area contributed by atoms with Crippen molar-refractivity contribution in [3.8, 4) is 10.4 Å². The van der Waals surface area contributed by atoms with E-state index in [4.69, 9.17) is 0 Å². The number of unbranched alkanes of at least 4 members (excludes halogenated alkanes) is 1. The Hall–Kier alpha value is -1.28. The molecular weight excluding hydrogens is 214 g/mol. The lowest BCUT2D eigenvalue weighted by Gasteiger charge is -2.10. The maximum absolute atomic E-state index is 3.51. The van der Waals surface area contributed by atoms with E-state index in [0.29, 0.717) is 0 Å². The van der Waals surface area contributed by atoms with E-state index in [9.17, 15) is 0 Å². The number of para-hydroxylation sites is 1. The number of hydrogen-bond donors (Lipinski definition) is 1. The first-order valence-electron chi connectivity index (χ1n) is 5.78. The molecule has 1 heterocycles. The van der Waals surface area contributed by atoms with Gasteiger partial charge in [-0.15, -0.1) is 11.3 Å². The second kappa shape index (κ2) is 5.71. The van der Waals surface area contributed by atoms with Gasteiger partial charge in [-0.2, -0.15) is 0 Å². The highest BCUT2D eigenvalue weighted by Crippen LogP contribution is 2.31. The van der Waals surface area contributed by atoms with E-state index < -0.39 is 0 Å². The lowest BCUT2D eigenvalue weighted by molar-refractivity contribution is 0.834. The van der Waals surface area contributed by atoms with Crippen molar-refractivity contribution in [2.45, 2.75) is 19.8 Å². The van der Waals surface area contributed by atoms with E-state index in [2.05, 4.69) is 54.0 Å². The van der Waals surface area contributed by atoms with Gasteiger partial charge in [0.2, 0.25) is 0 Å². The zero-order valence-corrected chi connectivity index (χ0v) is 10.4. The Morgan fingerprint density at radius 3 is 2.75 bits per heavy atom. The van der Waals surface area contributed by atoms with Crippen LogP contribution in [0.3, 0.4) is 0 Å². The monoisotopic (exact) mass is 231 g/mol. The second-order valence-electron chi connectivity index (χ2n) is 3.80. The molecule has 1 aromatic heterocycles. The summed E-state index contributed by atoms with van der Waals surface area (Å²) in [7, 11) is 0. The molecule has 0 aliphatic rings. The third-order valence-corrected chi connectivity index (χ3v) is 3.46. The molecular formula is C14H17NS. The van der Waals surface area contributed by atoms with Gasteiger partial charge in [0, 0.05) is 22.7 Å². The molecule has 1 nitrogen and oxygen atoms in total. The number of anilines is 1. The van der Waals surface area contributed by atoms with Crippen molar-refractivity contribution >= 4 is 17.0 Å². The van der Waals surface area contributed by atoms with Crippen molar-refractivity contribution in [3.63, 3.8) is 0 Å². The first-order chi connectivity index (χ1) is 7.92. The Morgan fingerprint density at radius 1 is 1.12 bits per heavy atom. The van der Waals surface area contributed by atoms with Crippen molar-refractivity contribution in [2.24, 2.45) is 0 Å². The first kappa shape index (κ1) is 11.2. The Kier molecular flexibility index (Phi) is 4.00. The van der Waals surface area contributed by atoms with Gasteiger partial charge in [-0.3, -0.25) is 0 Å². The molecule has 2 aromatic rings. The summed E-state index contributed by atoms with van der Waals surface area (Å²) in [6, 6.07) is 12.8. The third-order valence-electron chi connectivity index (χ3n) is 2.56. The summed E-state index contributed by atoms with van der Waals surface area (Å²) in [4.78, 5) is 1.33. The van der Waals surface area contributed by atoms with Gasteiger partial charge in [0.15, 0.2) is 0 Å². The van der Waals surface area contributed by atoms with Crippen LogP contribution in [0.1, 0.15) is 19.8 Å². The van der Waals surface area contributed by atoms with Gasteiger partial charge in [0.25, 0.3) is 0 Å². The smallest absolute Gasteiger partial charge is 0.0428 e. The van der Waals surface area contributed by atoms with Crippen LogP contribution in [0.15, 0.2) is 41.8 Å². The minimum absolute atomic E-state index is 1.05. The summed E-state index contributed by atoms with van der Waals surface area (Å²) >= 11 is 1.79. The fraction of sp³-hybridized carbons (Fsp3) is 0.286. The maximum Gasteiger partial charge on any atom is 0.0428 e. The lowest BCUT2D eigenvalue weighted by atomic mass is 10.1. The van der Waals surface area contributed by atoms with Crippen LogP contribution < -0.4 is 5.32 Å². The van der Waals surface area contributed by atoms with E-state index in [1.807, 2.05) is 0 Å². The normalized spacial score (nSPS) is 10.3. The number of thiophene rings is 1. The van der Waals surface area contributed by atoms with Crippen LogP contribution >= 0.6 is 11.3 Å². The molecule has 1 N–H and O–H groups in total.